The van der Waals surface area contributed by atoms with Crippen molar-refractivity contribution < 1.29 is 9.53 Å². The monoisotopic (exact) mass is 273 g/mol. The third kappa shape index (κ3) is 3.03. The van der Waals surface area contributed by atoms with Crippen LogP contribution in [0, 0.1) is 0 Å². The van der Waals surface area contributed by atoms with E-state index >= 15 is 0 Å². The zero-order valence-electron chi connectivity index (χ0n) is 10.5. The Morgan fingerprint density at radius 3 is 2.89 bits per heavy atom. The first kappa shape index (κ1) is 12.4. The van der Waals surface area contributed by atoms with Gasteiger partial charge in [0.05, 0.1) is 17.6 Å². The number of rotatable bonds is 6. The van der Waals surface area contributed by atoms with E-state index in [1.165, 1.54) is 11.3 Å². The van der Waals surface area contributed by atoms with Gasteiger partial charge >= 0.3 is 0 Å². The number of benzene rings is 1. The van der Waals surface area contributed by atoms with Gasteiger partial charge in [0.25, 0.3) is 0 Å². The molecule has 3 rings (SSSR count). The normalized spacial score (nSPS) is 17.2. The standard InChI is InChI=1S/C15H15NO2S/c17-15(14-6-3-9-19-14)12-4-1-2-5-13(12)16-8-7-11-10-18-11/h1-6,9,11,16H,7-8,10H2. The molecule has 1 aromatic heterocycles. The molecule has 1 fully saturated rings. The van der Waals surface area contributed by atoms with Gasteiger partial charge in [-0.3, -0.25) is 4.79 Å². The van der Waals surface area contributed by atoms with Crippen LogP contribution in [0.5, 0.6) is 0 Å². The maximum absolute atomic E-state index is 12.4. The Morgan fingerprint density at radius 1 is 1.32 bits per heavy atom. The molecule has 0 aliphatic carbocycles. The van der Waals surface area contributed by atoms with Crippen molar-refractivity contribution in [3.63, 3.8) is 0 Å². The third-order valence-corrected chi connectivity index (χ3v) is 3.97. The Balaban J connectivity index is 1.74. The van der Waals surface area contributed by atoms with Gasteiger partial charge in [-0.2, -0.15) is 0 Å². The van der Waals surface area contributed by atoms with Crippen LogP contribution >= 0.6 is 11.3 Å². The Bertz CT molecular complexity index is 561. The maximum atomic E-state index is 12.4. The number of epoxide rings is 1. The van der Waals surface area contributed by atoms with E-state index in [-0.39, 0.29) is 5.78 Å². The minimum atomic E-state index is 0.0840. The molecule has 0 radical (unpaired) electrons. The summed E-state index contributed by atoms with van der Waals surface area (Å²) >= 11 is 1.48. The van der Waals surface area contributed by atoms with Gasteiger partial charge in [0.2, 0.25) is 5.78 Å². The molecule has 1 aliphatic heterocycles. The lowest BCUT2D eigenvalue weighted by atomic mass is 10.1. The molecule has 1 N–H and O–H groups in total. The number of hydrogen-bond donors (Lipinski definition) is 1. The van der Waals surface area contributed by atoms with Crippen molar-refractivity contribution >= 4 is 22.8 Å². The fourth-order valence-electron chi connectivity index (χ4n) is 1.98. The lowest BCUT2D eigenvalue weighted by Crippen LogP contribution is -2.09. The Hall–Kier alpha value is -1.65. The first-order valence-corrected chi connectivity index (χ1v) is 7.25. The highest BCUT2D eigenvalue weighted by Crippen LogP contribution is 2.22. The van der Waals surface area contributed by atoms with Crippen LogP contribution in [-0.4, -0.2) is 25.0 Å². The number of carbonyl (C=O) groups excluding carboxylic acids is 1. The summed E-state index contributed by atoms with van der Waals surface area (Å²) in [5.74, 6) is 0.0840. The molecule has 1 aromatic carbocycles. The average Bonchev–Trinajstić information content (AvgIpc) is 3.10. The van der Waals surface area contributed by atoms with Crippen molar-refractivity contribution in [1.82, 2.24) is 0 Å². The Morgan fingerprint density at radius 2 is 2.16 bits per heavy atom. The number of thiophene rings is 1. The molecule has 0 saturated carbocycles. The van der Waals surface area contributed by atoms with Crippen molar-refractivity contribution in [3.8, 4) is 0 Å². The second kappa shape index (κ2) is 5.55. The Kier molecular flexibility index (Phi) is 3.62. The fourth-order valence-corrected chi connectivity index (χ4v) is 2.66. The van der Waals surface area contributed by atoms with E-state index < -0.39 is 0 Å². The van der Waals surface area contributed by atoms with Crippen molar-refractivity contribution in [3.05, 3.63) is 52.2 Å². The quantitative estimate of drug-likeness (QED) is 0.649. The summed E-state index contributed by atoms with van der Waals surface area (Å²) in [7, 11) is 0. The van der Waals surface area contributed by atoms with Crippen LogP contribution in [0.1, 0.15) is 21.7 Å². The summed E-state index contributed by atoms with van der Waals surface area (Å²) < 4.78 is 5.18. The summed E-state index contributed by atoms with van der Waals surface area (Å²) in [5, 5.41) is 5.26. The number of ketones is 1. The minimum Gasteiger partial charge on any atom is -0.384 e. The zero-order chi connectivity index (χ0) is 13.1. The van der Waals surface area contributed by atoms with Gasteiger partial charge in [0.15, 0.2) is 0 Å². The number of para-hydroxylation sites is 1. The lowest BCUT2D eigenvalue weighted by Gasteiger charge is -2.10. The van der Waals surface area contributed by atoms with Crippen LogP contribution in [0.2, 0.25) is 0 Å². The topological polar surface area (TPSA) is 41.6 Å². The highest BCUT2D eigenvalue weighted by atomic mass is 32.1. The molecule has 1 atom stereocenters. The summed E-state index contributed by atoms with van der Waals surface area (Å²) in [6.07, 6.45) is 1.40. The molecular formula is C15H15NO2S. The number of carbonyl (C=O) groups is 1. The molecule has 0 amide bonds. The summed E-state index contributed by atoms with van der Waals surface area (Å²) in [6.45, 7) is 1.71. The molecule has 3 nitrogen and oxygen atoms in total. The maximum Gasteiger partial charge on any atom is 0.205 e. The molecule has 0 bridgehead atoms. The smallest absolute Gasteiger partial charge is 0.205 e. The van der Waals surface area contributed by atoms with Crippen LogP contribution in [0.25, 0.3) is 0 Å². The second-order valence-corrected chi connectivity index (χ2v) is 5.47. The predicted octanol–water partition coefficient (Wildman–Crippen LogP) is 3.18. The number of ether oxygens (including phenoxy) is 1. The van der Waals surface area contributed by atoms with Crippen LogP contribution < -0.4 is 5.32 Å². The first-order chi connectivity index (χ1) is 9.34. The molecule has 1 unspecified atom stereocenters. The summed E-state index contributed by atoms with van der Waals surface area (Å²) in [5.41, 5.74) is 1.64. The van der Waals surface area contributed by atoms with Gasteiger partial charge in [-0.1, -0.05) is 18.2 Å². The molecule has 1 saturated heterocycles. The molecule has 4 heteroatoms. The van der Waals surface area contributed by atoms with E-state index in [1.54, 1.807) is 0 Å². The molecular weight excluding hydrogens is 258 g/mol. The van der Waals surface area contributed by atoms with E-state index in [9.17, 15) is 4.79 Å². The molecule has 98 valence electrons. The van der Waals surface area contributed by atoms with Crippen LogP contribution in [0.4, 0.5) is 5.69 Å². The summed E-state index contributed by atoms with van der Waals surface area (Å²) in [4.78, 5) is 13.2. The number of hydrogen-bond acceptors (Lipinski definition) is 4. The predicted molar refractivity (Wildman–Crippen MR) is 77.0 cm³/mol. The second-order valence-electron chi connectivity index (χ2n) is 4.52. The van der Waals surface area contributed by atoms with Crippen molar-refractivity contribution in [2.24, 2.45) is 0 Å². The van der Waals surface area contributed by atoms with E-state index in [0.717, 1.165) is 35.7 Å². The SMILES string of the molecule is O=C(c1cccs1)c1ccccc1NCCC1CO1. The first-order valence-electron chi connectivity index (χ1n) is 6.37. The minimum absolute atomic E-state index is 0.0840. The molecule has 1 aliphatic rings. The van der Waals surface area contributed by atoms with Gasteiger partial charge in [-0.15, -0.1) is 11.3 Å². The van der Waals surface area contributed by atoms with E-state index in [0.29, 0.717) is 6.10 Å². The molecule has 2 heterocycles. The van der Waals surface area contributed by atoms with Crippen LogP contribution in [0.3, 0.4) is 0 Å². The van der Waals surface area contributed by atoms with Gasteiger partial charge in [-0.05, 0) is 30.0 Å². The average molecular weight is 273 g/mol. The van der Waals surface area contributed by atoms with Crippen LogP contribution in [0.15, 0.2) is 41.8 Å². The van der Waals surface area contributed by atoms with Crippen molar-refractivity contribution in [1.29, 1.82) is 0 Å². The van der Waals surface area contributed by atoms with Crippen molar-refractivity contribution in [2.45, 2.75) is 12.5 Å². The van der Waals surface area contributed by atoms with Crippen molar-refractivity contribution in [2.75, 3.05) is 18.5 Å². The highest BCUT2D eigenvalue weighted by Gasteiger charge is 2.21. The molecule has 19 heavy (non-hydrogen) atoms. The largest absolute Gasteiger partial charge is 0.384 e. The highest BCUT2D eigenvalue weighted by molar-refractivity contribution is 7.12. The van der Waals surface area contributed by atoms with Gasteiger partial charge < -0.3 is 10.1 Å². The Labute approximate surface area is 116 Å². The number of anilines is 1. The zero-order valence-corrected chi connectivity index (χ0v) is 11.3. The van der Waals surface area contributed by atoms with E-state index in [4.69, 9.17) is 4.74 Å². The number of nitrogens with one attached hydrogen (secondary N) is 1. The summed E-state index contributed by atoms with van der Waals surface area (Å²) in [6, 6.07) is 11.4. The molecule has 0 spiro atoms. The lowest BCUT2D eigenvalue weighted by molar-refractivity contribution is 0.104. The molecule has 2 aromatic rings. The van der Waals surface area contributed by atoms with Crippen LogP contribution in [-0.2, 0) is 4.74 Å². The van der Waals surface area contributed by atoms with E-state index in [1.807, 2.05) is 41.8 Å². The van der Waals surface area contributed by atoms with Gasteiger partial charge in [0, 0.05) is 17.8 Å². The third-order valence-electron chi connectivity index (χ3n) is 3.10. The van der Waals surface area contributed by atoms with Gasteiger partial charge in [-0.25, -0.2) is 0 Å². The van der Waals surface area contributed by atoms with E-state index in [2.05, 4.69) is 5.32 Å². The van der Waals surface area contributed by atoms with Gasteiger partial charge in [0.1, 0.15) is 0 Å². The fraction of sp³-hybridized carbons (Fsp3) is 0.267.